The fourth-order valence-electron chi connectivity index (χ4n) is 6.01. The normalized spacial score (nSPS) is 12.9. The third-order valence-electron chi connectivity index (χ3n) is 8.61. The molecule has 0 bridgehead atoms. The lowest BCUT2D eigenvalue weighted by molar-refractivity contribution is -0.145. The maximum atomic E-state index is 15.4. The van der Waals surface area contributed by atoms with Crippen LogP contribution in [0.2, 0.25) is 0 Å². The smallest absolute Gasteiger partial charge is 0.306 e. The average molecular weight is 638 g/mol. The highest BCUT2D eigenvalue weighted by Gasteiger charge is 2.26. The van der Waals surface area contributed by atoms with Gasteiger partial charge in [0.25, 0.3) is 5.56 Å². The summed E-state index contributed by atoms with van der Waals surface area (Å²) < 4.78 is 24.3. The number of hydrogen-bond donors (Lipinski definition) is 1. The number of nitrogen functional groups attached to an aromatic ring is 1. The highest BCUT2D eigenvalue weighted by molar-refractivity contribution is 5.83. The number of nitrogens with two attached hydrogens (primary N) is 1. The number of carbonyl (C=O) groups excluding carboxylic acids is 1. The Bertz CT molecular complexity index is 1960. The summed E-state index contributed by atoms with van der Waals surface area (Å²) in [5, 5.41) is 4.78. The monoisotopic (exact) mass is 637 g/mol. The Balaban J connectivity index is 1.37. The molecule has 0 unspecified atom stereocenters. The quantitative estimate of drug-likeness (QED) is 0.107. The number of nitrogens with zero attached hydrogens (tertiary/aromatic N) is 6. The molecule has 47 heavy (non-hydrogen) atoms. The minimum Gasteiger partial charge on any atom is -0.461 e. The number of unbranched alkanes of at least 4 members (excludes halogenated alkanes) is 5. The summed E-state index contributed by atoms with van der Waals surface area (Å²) in [6.45, 7) is 2.03. The van der Waals surface area contributed by atoms with Crippen molar-refractivity contribution in [2.24, 2.45) is 7.05 Å². The number of rotatable bonds is 14. The highest BCUT2D eigenvalue weighted by Crippen LogP contribution is 2.41. The van der Waals surface area contributed by atoms with E-state index in [2.05, 4.69) is 22.0 Å². The van der Waals surface area contributed by atoms with Crippen molar-refractivity contribution < 1.29 is 13.9 Å². The lowest BCUT2D eigenvalue weighted by Gasteiger charge is -2.17. The molecule has 3 aromatic heterocycles. The molecule has 0 saturated heterocycles. The number of aryl methyl sites for hydroxylation is 1. The number of esters is 1. The number of benzene rings is 2. The fourth-order valence-corrected chi connectivity index (χ4v) is 6.01. The van der Waals surface area contributed by atoms with Gasteiger partial charge >= 0.3 is 5.97 Å². The summed E-state index contributed by atoms with van der Waals surface area (Å²) in [6, 6.07) is 10.4. The molecule has 1 aliphatic carbocycles. The van der Waals surface area contributed by atoms with Crippen LogP contribution in [0.4, 0.5) is 10.3 Å². The molecule has 1 fully saturated rings. The number of pyridine rings is 1. The minimum absolute atomic E-state index is 0.0106. The van der Waals surface area contributed by atoms with Crippen LogP contribution in [0.5, 0.6) is 0 Å². The first-order valence-corrected chi connectivity index (χ1v) is 16.4. The third-order valence-corrected chi connectivity index (χ3v) is 8.61. The van der Waals surface area contributed by atoms with Gasteiger partial charge in [-0.05, 0) is 59.9 Å². The van der Waals surface area contributed by atoms with E-state index >= 15 is 4.39 Å². The largest absolute Gasteiger partial charge is 0.461 e. The highest BCUT2D eigenvalue weighted by atomic mass is 19.1. The SMILES string of the molecule is CCCCCCCCC(=O)OCc1c(-c2nc(N)nc(Cc3cnn(C)c3)n2)cccc1-n1ccc2cc(C3CC3)cc(F)c2c1=O. The molecule has 0 spiro atoms. The lowest BCUT2D eigenvalue weighted by Crippen LogP contribution is -2.21. The first kappa shape index (κ1) is 32.0. The first-order chi connectivity index (χ1) is 22.8. The van der Waals surface area contributed by atoms with Crippen molar-refractivity contribution in [3.8, 4) is 17.1 Å². The number of halogens is 1. The molecule has 1 aliphatic rings. The van der Waals surface area contributed by atoms with Crippen molar-refractivity contribution in [2.45, 2.75) is 83.7 Å². The molecule has 2 aromatic carbocycles. The van der Waals surface area contributed by atoms with Crippen LogP contribution in [0.25, 0.3) is 27.8 Å². The Morgan fingerprint density at radius 3 is 2.64 bits per heavy atom. The molecule has 5 aromatic rings. The van der Waals surface area contributed by atoms with Gasteiger partial charge in [0.1, 0.15) is 18.2 Å². The molecule has 0 radical (unpaired) electrons. The lowest BCUT2D eigenvalue weighted by atomic mass is 10.0. The predicted molar refractivity (Wildman–Crippen MR) is 179 cm³/mol. The molecule has 1 saturated carbocycles. The van der Waals surface area contributed by atoms with Crippen LogP contribution < -0.4 is 11.3 Å². The van der Waals surface area contributed by atoms with Gasteiger partial charge in [-0.25, -0.2) is 9.37 Å². The van der Waals surface area contributed by atoms with E-state index in [1.165, 1.54) is 17.1 Å². The van der Waals surface area contributed by atoms with Crippen LogP contribution in [0.3, 0.4) is 0 Å². The van der Waals surface area contributed by atoms with E-state index < -0.39 is 11.4 Å². The molecule has 10 nitrogen and oxygen atoms in total. The maximum Gasteiger partial charge on any atom is 0.306 e. The number of aromatic nitrogens is 6. The Labute approximate surface area is 272 Å². The van der Waals surface area contributed by atoms with Crippen molar-refractivity contribution in [1.29, 1.82) is 0 Å². The minimum atomic E-state index is -0.544. The Kier molecular flexibility index (Phi) is 9.70. The molecular formula is C36H40FN7O3. The second kappa shape index (κ2) is 14.2. The van der Waals surface area contributed by atoms with Crippen molar-refractivity contribution in [3.05, 3.63) is 93.7 Å². The van der Waals surface area contributed by atoms with Crippen LogP contribution in [0.1, 0.15) is 93.1 Å². The van der Waals surface area contributed by atoms with Gasteiger partial charge in [0.2, 0.25) is 5.95 Å². The van der Waals surface area contributed by atoms with E-state index in [1.54, 1.807) is 41.3 Å². The van der Waals surface area contributed by atoms with E-state index in [4.69, 9.17) is 15.5 Å². The van der Waals surface area contributed by atoms with Crippen LogP contribution in [0, 0.1) is 5.82 Å². The number of ether oxygens (including phenoxy) is 1. The van der Waals surface area contributed by atoms with E-state index in [9.17, 15) is 9.59 Å². The van der Waals surface area contributed by atoms with Gasteiger partial charge in [-0.2, -0.15) is 15.1 Å². The Hall–Kier alpha value is -4.93. The molecule has 244 valence electrons. The Morgan fingerprint density at radius 2 is 1.87 bits per heavy atom. The zero-order valence-corrected chi connectivity index (χ0v) is 26.9. The van der Waals surface area contributed by atoms with Crippen LogP contribution in [-0.4, -0.2) is 35.3 Å². The number of hydrogen-bond acceptors (Lipinski definition) is 8. The van der Waals surface area contributed by atoms with Crippen molar-refractivity contribution in [3.63, 3.8) is 0 Å². The van der Waals surface area contributed by atoms with Gasteiger partial charge in [0.05, 0.1) is 17.3 Å². The van der Waals surface area contributed by atoms with Gasteiger partial charge in [-0.15, -0.1) is 0 Å². The second-order valence-corrected chi connectivity index (χ2v) is 12.3. The van der Waals surface area contributed by atoms with Crippen LogP contribution in [0.15, 0.2) is 59.8 Å². The van der Waals surface area contributed by atoms with Crippen molar-refractivity contribution in [1.82, 2.24) is 29.3 Å². The molecule has 11 heteroatoms. The molecule has 2 N–H and O–H groups in total. The van der Waals surface area contributed by atoms with Gasteiger partial charge in [0, 0.05) is 43.4 Å². The molecule has 0 atom stereocenters. The Morgan fingerprint density at radius 1 is 1.06 bits per heavy atom. The third kappa shape index (κ3) is 7.56. The number of carbonyl (C=O) groups is 1. The second-order valence-electron chi connectivity index (χ2n) is 12.3. The van der Waals surface area contributed by atoms with E-state index in [0.717, 1.165) is 56.1 Å². The summed E-state index contributed by atoms with van der Waals surface area (Å²) in [5.74, 6) is 0.209. The maximum absolute atomic E-state index is 15.4. The fraction of sp³-hybridized carbons (Fsp3) is 0.389. The van der Waals surface area contributed by atoms with Gasteiger partial charge < -0.3 is 10.5 Å². The summed E-state index contributed by atoms with van der Waals surface area (Å²) in [4.78, 5) is 40.2. The molecule has 3 heterocycles. The van der Waals surface area contributed by atoms with Crippen LogP contribution in [-0.2, 0) is 29.6 Å². The van der Waals surface area contributed by atoms with E-state index in [-0.39, 0.29) is 29.7 Å². The van der Waals surface area contributed by atoms with E-state index in [1.807, 2.05) is 19.3 Å². The molecular weight excluding hydrogens is 597 g/mol. The standard InChI is InChI=1S/C36H40FN7O3/c1-3-4-5-6-7-8-12-32(45)47-22-28-27(34-40-31(41-36(38)42-34)17-23-20-39-43(2)21-23)10-9-11-30(28)44-16-15-25-18-26(24-13-14-24)19-29(37)33(25)35(44)46/h9-11,15-16,18-21,24H,3-8,12-14,17,22H2,1-2H3,(H2,38,40,41,42). The summed E-state index contributed by atoms with van der Waals surface area (Å²) in [5.41, 5.74) is 8.91. The van der Waals surface area contributed by atoms with Crippen molar-refractivity contribution in [2.75, 3.05) is 5.73 Å². The zero-order chi connectivity index (χ0) is 32.9. The summed E-state index contributed by atoms with van der Waals surface area (Å²) in [7, 11) is 1.83. The van der Waals surface area contributed by atoms with Gasteiger partial charge in [-0.3, -0.25) is 18.8 Å². The van der Waals surface area contributed by atoms with Crippen LogP contribution >= 0.6 is 0 Å². The van der Waals surface area contributed by atoms with Crippen molar-refractivity contribution >= 4 is 22.7 Å². The first-order valence-electron chi connectivity index (χ1n) is 16.4. The topological polar surface area (TPSA) is 131 Å². The number of fused-ring (bicyclic) bond motifs is 1. The van der Waals surface area contributed by atoms with E-state index in [0.29, 0.717) is 46.8 Å². The van der Waals surface area contributed by atoms with Gasteiger partial charge in [0.15, 0.2) is 5.82 Å². The van der Waals surface area contributed by atoms with Gasteiger partial charge in [-0.1, -0.05) is 57.2 Å². The predicted octanol–water partition coefficient (Wildman–Crippen LogP) is 6.56. The molecule has 0 amide bonds. The summed E-state index contributed by atoms with van der Waals surface area (Å²) >= 11 is 0. The number of anilines is 1. The summed E-state index contributed by atoms with van der Waals surface area (Å²) in [6.07, 6.45) is 14.3. The zero-order valence-electron chi connectivity index (χ0n) is 26.9. The molecule has 0 aliphatic heterocycles. The average Bonchev–Trinajstić information content (AvgIpc) is 3.82. The molecule has 6 rings (SSSR count).